The second-order valence-electron chi connectivity index (χ2n) is 8.80. The van der Waals surface area contributed by atoms with Gasteiger partial charge in [0, 0.05) is 23.5 Å². The number of thiazole rings is 1. The summed E-state index contributed by atoms with van der Waals surface area (Å²) in [5.74, 6) is -4.00. The maximum absolute atomic E-state index is 13.2. The fourth-order valence-corrected chi connectivity index (χ4v) is 6.32. The number of hydrogen-bond donors (Lipinski definition) is 3. The fourth-order valence-electron chi connectivity index (χ4n) is 4.06. The first kappa shape index (κ1) is 36.6. The molecule has 0 bridgehead atoms. The van der Waals surface area contributed by atoms with Gasteiger partial charge in [0.05, 0.1) is 17.2 Å². The summed E-state index contributed by atoms with van der Waals surface area (Å²) in [5.41, 5.74) is 5.79. The molecule has 0 spiro atoms. The molecule has 242 valence electrons. The van der Waals surface area contributed by atoms with Crippen molar-refractivity contribution in [3.63, 3.8) is 0 Å². The number of fused-ring (bicyclic) bond motifs is 1. The summed E-state index contributed by atoms with van der Waals surface area (Å²) in [5, 5.41) is 34.1. The third-order valence-electron chi connectivity index (χ3n) is 6.09. The van der Waals surface area contributed by atoms with Gasteiger partial charge in [0.15, 0.2) is 29.8 Å². The lowest BCUT2D eigenvalue weighted by atomic mass is 10.0. The molecule has 19 heteroatoms. The van der Waals surface area contributed by atoms with E-state index in [1.165, 1.54) is 25.1 Å². The lowest BCUT2D eigenvalue weighted by molar-refractivity contribution is -0.689. The van der Waals surface area contributed by atoms with E-state index < -0.39 is 47.0 Å². The predicted molar refractivity (Wildman–Crippen MR) is 163 cm³/mol. The molecule has 2 amide bonds. The number of pyridine rings is 1. The molecule has 5 heterocycles. The quantitative estimate of drug-likeness (QED) is 0.117. The Kier molecular flexibility index (Phi) is 12.2. The van der Waals surface area contributed by atoms with Gasteiger partial charge in [-0.2, -0.15) is 0 Å². The Labute approximate surface area is 270 Å². The van der Waals surface area contributed by atoms with E-state index in [0.717, 1.165) is 16.2 Å². The Hall–Kier alpha value is -4.55. The maximum atomic E-state index is 13.2. The fraction of sp³-hybridized carbons (Fsp3) is 0.346. The molecule has 1 saturated heterocycles. The summed E-state index contributed by atoms with van der Waals surface area (Å²) in [6.07, 6.45) is 3.18. The zero-order valence-electron chi connectivity index (χ0n) is 21.3. The molecule has 0 radical (unpaired) electrons. The van der Waals surface area contributed by atoms with Crippen molar-refractivity contribution in [3.8, 4) is 11.5 Å². The summed E-state index contributed by atoms with van der Waals surface area (Å²) in [7, 11) is 0. The van der Waals surface area contributed by atoms with Crippen LogP contribution in [0.25, 0.3) is 11.5 Å². The smallest absolute Gasteiger partial charge is 0.347 e. The number of aromatic nitrogens is 4. The van der Waals surface area contributed by atoms with Gasteiger partial charge in [0.25, 0.3) is 11.8 Å². The average molecular weight is 683 g/mol. The van der Waals surface area contributed by atoms with E-state index in [9.17, 15) is 24.3 Å². The van der Waals surface area contributed by atoms with Crippen molar-refractivity contribution in [2.24, 2.45) is 5.16 Å². The minimum atomic E-state index is -1.54. The van der Waals surface area contributed by atoms with Crippen LogP contribution in [0.4, 0.5) is 5.13 Å². The molecule has 0 aliphatic carbocycles. The number of rotatable bonds is 10. The minimum Gasteiger partial charge on any atom is -0.543 e. The molecule has 3 aromatic heterocycles. The van der Waals surface area contributed by atoms with Crippen molar-refractivity contribution in [1.29, 1.82) is 0 Å². The number of anilines is 1. The Morgan fingerprint density at radius 3 is 2.58 bits per heavy atom. The number of oxime groups is 1. The van der Waals surface area contributed by atoms with E-state index in [1.807, 2.05) is 0 Å². The highest BCUT2D eigenvalue weighted by molar-refractivity contribution is 8.00. The molecule has 0 saturated carbocycles. The summed E-state index contributed by atoms with van der Waals surface area (Å²) in [6.45, 7) is 1.34. The Morgan fingerprint density at radius 2 is 2.02 bits per heavy atom. The van der Waals surface area contributed by atoms with Crippen LogP contribution in [0.2, 0.25) is 4.34 Å². The highest BCUT2D eigenvalue weighted by atomic mass is 35.5. The number of carbonyl (C=O) groups is 4. The summed E-state index contributed by atoms with van der Waals surface area (Å²) < 4.78 is 6.86. The lowest BCUT2D eigenvalue weighted by Gasteiger charge is -2.50. The van der Waals surface area contributed by atoms with Crippen molar-refractivity contribution < 1.29 is 43.2 Å². The Balaban J connectivity index is 0.00000235. The second kappa shape index (κ2) is 15.0. The lowest BCUT2D eigenvalue weighted by Crippen LogP contribution is -2.71. The van der Waals surface area contributed by atoms with E-state index in [2.05, 4.69) is 25.7 Å². The van der Waals surface area contributed by atoms with Crippen LogP contribution < -0.4 is 20.7 Å². The van der Waals surface area contributed by atoms with E-state index in [0.29, 0.717) is 17.0 Å². The number of β-lactam (4-membered cyclic amide) rings is 1. The molecule has 0 aromatic carbocycles. The van der Waals surface area contributed by atoms with Gasteiger partial charge in [-0.05, 0) is 6.92 Å². The molecular weight excluding hydrogens is 652 g/mol. The van der Waals surface area contributed by atoms with Crippen LogP contribution in [-0.2, 0) is 30.6 Å². The molecule has 3 atom stereocenters. The summed E-state index contributed by atoms with van der Waals surface area (Å²) in [6, 6.07) is 2.29. The highest BCUT2D eigenvalue weighted by Crippen LogP contribution is 2.40. The molecule has 2 aliphatic rings. The number of aliphatic carboxylic acids is 2. The highest BCUT2D eigenvalue weighted by Gasteiger charge is 2.53. The van der Waals surface area contributed by atoms with Crippen LogP contribution in [-0.4, -0.2) is 77.9 Å². The predicted octanol–water partition coefficient (Wildman–Crippen LogP) is 0.922. The molecule has 4 N–H and O–H groups in total. The van der Waals surface area contributed by atoms with Crippen LogP contribution in [0.1, 0.15) is 34.9 Å². The summed E-state index contributed by atoms with van der Waals surface area (Å²) in [4.78, 5) is 59.5. The standard InChI is InChI=1S/C23H19ClN8O8S2.3CH4/c1-9(21(35)36)40-30-13(12-16(24)42-23(25)28-12)17(33)27-14-19(34)32-15(22(37)38)11(7-41-20(14)32)6-31-4-2-10(3-5-31)18-29-26-8-39-18;;;/h2-5,8-9,14,20H,6-7H2,1H3,(H4-,25,27,28,33,35,36,37,38);3*1H4/b30-13-;;;/t9-,14+,20+;;;/m0.../s1. The van der Waals surface area contributed by atoms with Gasteiger partial charge in [-0.25, -0.2) is 14.3 Å². The Bertz CT molecular complexity index is 1630. The van der Waals surface area contributed by atoms with Crippen molar-refractivity contribution in [2.75, 3.05) is 11.5 Å². The first-order valence-corrected chi connectivity index (χ1v) is 14.1. The number of thioether (sulfide) groups is 1. The second-order valence-corrected chi connectivity index (χ2v) is 11.5. The zero-order chi connectivity index (χ0) is 30.1. The Morgan fingerprint density at radius 1 is 1.33 bits per heavy atom. The van der Waals surface area contributed by atoms with Crippen LogP contribution in [0, 0.1) is 0 Å². The molecule has 2 aliphatic heterocycles. The van der Waals surface area contributed by atoms with Gasteiger partial charge in [-0.3, -0.25) is 14.5 Å². The number of hydrogen-bond acceptors (Lipinski definition) is 14. The molecule has 1 fully saturated rings. The monoisotopic (exact) mass is 682 g/mol. The molecule has 16 nitrogen and oxygen atoms in total. The number of nitrogens with zero attached hydrogens (tertiary/aromatic N) is 6. The molecule has 45 heavy (non-hydrogen) atoms. The normalized spacial score (nSPS) is 17.9. The first-order valence-electron chi connectivity index (χ1n) is 11.9. The average Bonchev–Trinajstić information content (AvgIpc) is 3.61. The maximum Gasteiger partial charge on any atom is 0.347 e. The van der Waals surface area contributed by atoms with Crippen LogP contribution in [0.15, 0.2) is 51.8 Å². The number of nitrogens with two attached hydrogens (primary N) is 1. The zero-order valence-corrected chi connectivity index (χ0v) is 23.7. The number of carboxylic acid groups (broad SMARTS) is 2. The van der Waals surface area contributed by atoms with E-state index in [4.69, 9.17) is 31.7 Å². The third kappa shape index (κ3) is 7.40. The number of halogens is 1. The van der Waals surface area contributed by atoms with Gasteiger partial charge < -0.3 is 35.3 Å². The molecule has 5 rings (SSSR count). The van der Waals surface area contributed by atoms with Crippen LogP contribution in [0.3, 0.4) is 0 Å². The number of carboxylic acids is 2. The van der Waals surface area contributed by atoms with Gasteiger partial charge in [0.2, 0.25) is 18.4 Å². The van der Waals surface area contributed by atoms with Gasteiger partial charge in [-0.15, -0.1) is 22.0 Å². The van der Waals surface area contributed by atoms with E-state index >= 15 is 0 Å². The number of carbonyl (C=O) groups excluding carboxylic acids is 3. The van der Waals surface area contributed by atoms with Crippen molar-refractivity contribution in [3.05, 3.63) is 52.2 Å². The van der Waals surface area contributed by atoms with Gasteiger partial charge in [0.1, 0.15) is 21.4 Å². The van der Waals surface area contributed by atoms with Crippen molar-refractivity contribution in [1.82, 2.24) is 25.4 Å². The third-order valence-corrected chi connectivity index (χ3v) is 8.51. The topological polar surface area (TPSA) is 230 Å². The van der Waals surface area contributed by atoms with E-state index in [-0.39, 0.29) is 55.4 Å². The molecule has 3 aromatic rings. The first-order chi connectivity index (χ1) is 20.0. The number of nitrogen functional groups attached to an aromatic ring is 1. The van der Waals surface area contributed by atoms with Gasteiger partial charge in [-0.1, -0.05) is 50.4 Å². The minimum absolute atomic E-state index is 0. The molecular formula is C26H31ClN8O8S2. The van der Waals surface area contributed by atoms with Crippen LogP contribution >= 0.6 is 34.7 Å². The number of nitrogens with one attached hydrogen (secondary N) is 1. The van der Waals surface area contributed by atoms with Crippen molar-refractivity contribution in [2.45, 2.75) is 53.3 Å². The SMILES string of the molecule is C.C.C.C[C@H](O/N=C(\C(=O)N[C@@H]1C(=O)N2C(C(=O)[O-])=C(C[n+]3ccc(-c4nnco4)cc3)CS[C@H]12)c1nc(N)sc1Cl)C(=O)O. The van der Waals surface area contributed by atoms with Crippen molar-refractivity contribution >= 4 is 69.3 Å². The number of amides is 2. The van der Waals surface area contributed by atoms with E-state index in [1.54, 1.807) is 29.1 Å². The molecule has 0 unspecified atom stereocenters. The van der Waals surface area contributed by atoms with Gasteiger partial charge >= 0.3 is 5.97 Å². The van der Waals surface area contributed by atoms with Crippen LogP contribution in [0.5, 0.6) is 0 Å². The largest absolute Gasteiger partial charge is 0.543 e. The summed E-state index contributed by atoms with van der Waals surface area (Å²) >= 11 is 8.22.